The van der Waals surface area contributed by atoms with Crippen LogP contribution in [0.25, 0.3) is 0 Å². The molecule has 1 fully saturated rings. The van der Waals surface area contributed by atoms with Crippen molar-refractivity contribution in [3.8, 4) is 0 Å². The maximum atomic E-state index is 5.52. The van der Waals surface area contributed by atoms with Crippen molar-refractivity contribution in [2.75, 3.05) is 39.6 Å². The quantitative estimate of drug-likeness (QED) is 0.642. The highest BCUT2D eigenvalue weighted by atomic mass is 31.1. The Hall–Kier alpha value is 0.310. The first-order chi connectivity index (χ1) is 5.33. The van der Waals surface area contributed by atoms with Gasteiger partial charge in [0, 0.05) is 34.5 Å². The molecular formula is C7H16NO2P. The van der Waals surface area contributed by atoms with Crippen LogP contribution < -0.4 is 5.32 Å². The summed E-state index contributed by atoms with van der Waals surface area (Å²) in [6.07, 6.45) is 1.43. The van der Waals surface area contributed by atoms with E-state index in [2.05, 4.69) is 12.0 Å². The van der Waals surface area contributed by atoms with Crippen LogP contribution in [-0.4, -0.2) is 45.7 Å². The minimum absolute atomic E-state index is 0.266. The van der Waals surface area contributed by atoms with Crippen LogP contribution in [0, 0.1) is 0 Å². The molecule has 1 heterocycles. The Morgan fingerprint density at radius 1 is 1.73 bits per heavy atom. The normalized spacial score (nSPS) is 28.4. The van der Waals surface area contributed by atoms with Crippen LogP contribution in [0.3, 0.4) is 0 Å². The van der Waals surface area contributed by atoms with E-state index in [4.69, 9.17) is 9.26 Å². The van der Waals surface area contributed by atoms with E-state index >= 15 is 0 Å². The molecule has 0 aromatic heterocycles. The van der Waals surface area contributed by atoms with Crippen LogP contribution >= 0.6 is 8.15 Å². The van der Waals surface area contributed by atoms with E-state index in [1.807, 2.05) is 0 Å². The standard InChI is InChI=1S/C7H16NO2P/c1-9-11(2)6-7-5-8-3-4-10-7/h7-8H,3-6H2,1-2H3. The number of nitrogens with one attached hydrogen (secondary N) is 1. The molecule has 0 saturated carbocycles. The molecule has 1 N–H and O–H groups in total. The summed E-state index contributed by atoms with van der Waals surface area (Å²) in [6.45, 7) is 4.95. The molecule has 3 nitrogen and oxygen atoms in total. The molecule has 0 amide bonds. The van der Waals surface area contributed by atoms with Crippen LogP contribution in [0.1, 0.15) is 0 Å². The Morgan fingerprint density at radius 2 is 2.55 bits per heavy atom. The number of hydrogen-bond donors (Lipinski definition) is 1. The molecule has 2 atom stereocenters. The molecule has 0 bridgehead atoms. The van der Waals surface area contributed by atoms with Gasteiger partial charge in [0.1, 0.15) is 0 Å². The number of morpholine rings is 1. The monoisotopic (exact) mass is 177 g/mol. The van der Waals surface area contributed by atoms with Crippen molar-refractivity contribution < 1.29 is 9.26 Å². The Morgan fingerprint density at radius 3 is 3.09 bits per heavy atom. The lowest BCUT2D eigenvalue weighted by molar-refractivity contribution is 0.0425. The van der Waals surface area contributed by atoms with Gasteiger partial charge in [-0.05, 0) is 6.66 Å². The van der Waals surface area contributed by atoms with Crippen LogP contribution in [0.5, 0.6) is 0 Å². The Bertz CT molecular complexity index is 107. The maximum absolute atomic E-state index is 5.52. The van der Waals surface area contributed by atoms with Gasteiger partial charge in [-0.25, -0.2) is 0 Å². The number of ether oxygens (including phenoxy) is 1. The van der Waals surface area contributed by atoms with E-state index in [9.17, 15) is 0 Å². The molecule has 0 aromatic carbocycles. The minimum atomic E-state index is -0.266. The van der Waals surface area contributed by atoms with Crippen LogP contribution in [0.15, 0.2) is 0 Å². The molecule has 2 unspecified atom stereocenters. The zero-order valence-electron chi connectivity index (χ0n) is 7.17. The molecule has 1 aliphatic heterocycles. The van der Waals surface area contributed by atoms with Gasteiger partial charge in [0.15, 0.2) is 0 Å². The lowest BCUT2D eigenvalue weighted by Gasteiger charge is -2.25. The zero-order valence-corrected chi connectivity index (χ0v) is 8.06. The zero-order chi connectivity index (χ0) is 8.10. The van der Waals surface area contributed by atoms with E-state index in [1.54, 1.807) is 7.11 Å². The predicted molar refractivity (Wildman–Crippen MR) is 47.3 cm³/mol. The lowest BCUT2D eigenvalue weighted by atomic mass is 10.3. The highest BCUT2D eigenvalue weighted by molar-refractivity contribution is 7.51. The van der Waals surface area contributed by atoms with Crippen molar-refractivity contribution in [2.24, 2.45) is 0 Å². The first-order valence-corrected chi connectivity index (χ1v) is 5.79. The summed E-state index contributed by atoms with van der Waals surface area (Å²) >= 11 is 0. The van der Waals surface area contributed by atoms with Gasteiger partial charge in [-0.3, -0.25) is 0 Å². The molecular weight excluding hydrogens is 161 g/mol. The fraction of sp³-hybridized carbons (Fsp3) is 1.00. The molecule has 0 spiro atoms. The third-order valence-electron chi connectivity index (χ3n) is 1.78. The second kappa shape index (κ2) is 5.04. The molecule has 11 heavy (non-hydrogen) atoms. The first kappa shape index (κ1) is 9.40. The van der Waals surface area contributed by atoms with E-state index in [0.717, 1.165) is 25.9 Å². The summed E-state index contributed by atoms with van der Waals surface area (Å²) in [5, 5.41) is 3.29. The Kier molecular flexibility index (Phi) is 4.31. The van der Waals surface area contributed by atoms with Crippen LogP contribution in [0.4, 0.5) is 0 Å². The van der Waals surface area contributed by atoms with Gasteiger partial charge in [0.2, 0.25) is 0 Å². The summed E-state index contributed by atoms with van der Waals surface area (Å²) in [6, 6.07) is 0. The minimum Gasteiger partial charge on any atom is -0.375 e. The fourth-order valence-electron chi connectivity index (χ4n) is 1.10. The fourth-order valence-corrected chi connectivity index (χ4v) is 2.06. The van der Waals surface area contributed by atoms with E-state index in [-0.39, 0.29) is 8.15 Å². The summed E-state index contributed by atoms with van der Waals surface area (Å²) < 4.78 is 10.7. The molecule has 0 aromatic rings. The van der Waals surface area contributed by atoms with Crippen molar-refractivity contribution in [2.45, 2.75) is 6.10 Å². The second-order valence-corrected chi connectivity index (χ2v) is 4.68. The Balaban J connectivity index is 2.13. The molecule has 1 saturated heterocycles. The van der Waals surface area contributed by atoms with Crippen molar-refractivity contribution >= 4 is 8.15 Å². The summed E-state index contributed by atoms with van der Waals surface area (Å²) in [5.74, 6) is 0. The van der Waals surface area contributed by atoms with Gasteiger partial charge < -0.3 is 14.6 Å². The van der Waals surface area contributed by atoms with E-state index in [1.165, 1.54) is 0 Å². The SMILES string of the molecule is COP(C)CC1CNCCO1. The third kappa shape index (κ3) is 3.48. The van der Waals surface area contributed by atoms with Gasteiger partial charge >= 0.3 is 0 Å². The van der Waals surface area contributed by atoms with E-state index < -0.39 is 0 Å². The first-order valence-electron chi connectivity index (χ1n) is 3.90. The van der Waals surface area contributed by atoms with Gasteiger partial charge in [-0.1, -0.05) is 0 Å². The number of rotatable bonds is 3. The Labute approximate surface area is 69.3 Å². The summed E-state index contributed by atoms with van der Waals surface area (Å²) in [5.41, 5.74) is 0. The van der Waals surface area contributed by atoms with Gasteiger partial charge in [-0.2, -0.15) is 0 Å². The molecule has 4 heteroatoms. The maximum Gasteiger partial charge on any atom is 0.0760 e. The van der Waals surface area contributed by atoms with Crippen LogP contribution in [0.2, 0.25) is 0 Å². The van der Waals surface area contributed by atoms with Gasteiger partial charge in [0.05, 0.1) is 12.7 Å². The number of hydrogen-bond acceptors (Lipinski definition) is 3. The van der Waals surface area contributed by atoms with E-state index in [0.29, 0.717) is 6.10 Å². The molecule has 1 rings (SSSR count). The lowest BCUT2D eigenvalue weighted by Crippen LogP contribution is -2.40. The topological polar surface area (TPSA) is 30.5 Å². The smallest absolute Gasteiger partial charge is 0.0760 e. The highest BCUT2D eigenvalue weighted by Gasteiger charge is 2.15. The average molecular weight is 177 g/mol. The van der Waals surface area contributed by atoms with Crippen molar-refractivity contribution in [1.82, 2.24) is 5.32 Å². The van der Waals surface area contributed by atoms with Crippen molar-refractivity contribution in [3.63, 3.8) is 0 Å². The van der Waals surface area contributed by atoms with Crippen molar-refractivity contribution in [1.29, 1.82) is 0 Å². The van der Waals surface area contributed by atoms with Crippen molar-refractivity contribution in [3.05, 3.63) is 0 Å². The molecule has 1 aliphatic rings. The predicted octanol–water partition coefficient (Wildman–Crippen LogP) is 0.648. The summed E-state index contributed by atoms with van der Waals surface area (Å²) in [4.78, 5) is 0. The highest BCUT2D eigenvalue weighted by Crippen LogP contribution is 2.31. The molecule has 66 valence electrons. The largest absolute Gasteiger partial charge is 0.375 e. The second-order valence-electron chi connectivity index (χ2n) is 2.69. The third-order valence-corrected chi connectivity index (χ3v) is 3.32. The average Bonchev–Trinajstić information content (AvgIpc) is 2.06. The summed E-state index contributed by atoms with van der Waals surface area (Å²) in [7, 11) is 1.50. The van der Waals surface area contributed by atoms with Gasteiger partial charge in [0.25, 0.3) is 0 Å². The van der Waals surface area contributed by atoms with Gasteiger partial charge in [-0.15, -0.1) is 0 Å². The van der Waals surface area contributed by atoms with Crippen LogP contribution in [-0.2, 0) is 9.26 Å². The molecule has 0 radical (unpaired) electrons. The molecule has 0 aliphatic carbocycles.